The average molecular weight is 488 g/mol. The maximum absolute atomic E-state index is 12.9. The number of rotatable bonds is 6. The Morgan fingerprint density at radius 3 is 2.53 bits per heavy atom. The second-order valence-corrected chi connectivity index (χ2v) is 9.67. The summed E-state index contributed by atoms with van der Waals surface area (Å²) in [6.07, 6.45) is -0.327. The number of anilines is 1. The predicted molar refractivity (Wildman–Crippen MR) is 137 cm³/mol. The van der Waals surface area contributed by atoms with Gasteiger partial charge in [0.2, 0.25) is 0 Å². The van der Waals surface area contributed by atoms with Crippen LogP contribution in [0.5, 0.6) is 11.5 Å². The minimum absolute atomic E-state index is 0.00527. The Kier molecular flexibility index (Phi) is 6.20. The largest absolute Gasteiger partial charge is 0.507 e. The molecule has 3 unspecified atom stereocenters. The number of nitrogen functional groups attached to an aromatic ring is 1. The highest BCUT2D eigenvalue weighted by Gasteiger charge is 2.41. The second-order valence-electron chi connectivity index (χ2n) is 9.67. The zero-order chi connectivity index (χ0) is 25.4. The smallest absolute Gasteiger partial charge is 0.196 e. The van der Waals surface area contributed by atoms with Crippen LogP contribution in [0.25, 0.3) is 11.0 Å². The standard InChI is InChI=1S/C29H29NO6/c1-29(12-11-17-7-9-19(30)10-8-17)26(33)14-20-23(36-29)16-25-27(28(20)34)22(32)15-24(35-25)21(31)13-18-5-3-2-4-6-18/h2-10,15-16,21,26,31,33-34H,11-14,30H2,1H3. The Labute approximate surface area is 208 Å². The van der Waals surface area contributed by atoms with Gasteiger partial charge in [-0.05, 0) is 43.0 Å². The van der Waals surface area contributed by atoms with E-state index < -0.39 is 23.2 Å². The zero-order valence-electron chi connectivity index (χ0n) is 20.0. The van der Waals surface area contributed by atoms with E-state index >= 15 is 0 Å². The molecule has 5 rings (SSSR count). The van der Waals surface area contributed by atoms with Gasteiger partial charge in [-0.2, -0.15) is 0 Å². The molecule has 0 amide bonds. The van der Waals surface area contributed by atoms with Gasteiger partial charge >= 0.3 is 0 Å². The molecule has 0 bridgehead atoms. The number of hydrogen-bond donors (Lipinski definition) is 4. The van der Waals surface area contributed by atoms with Crippen LogP contribution in [0.1, 0.15) is 41.9 Å². The van der Waals surface area contributed by atoms with E-state index in [-0.39, 0.29) is 35.3 Å². The van der Waals surface area contributed by atoms with Crippen molar-refractivity contribution in [2.75, 3.05) is 5.73 Å². The molecule has 186 valence electrons. The molecule has 0 saturated heterocycles. The van der Waals surface area contributed by atoms with Gasteiger partial charge in [-0.25, -0.2) is 0 Å². The van der Waals surface area contributed by atoms with E-state index in [1.807, 2.05) is 61.5 Å². The maximum Gasteiger partial charge on any atom is 0.196 e. The molecule has 0 fully saturated rings. The topological polar surface area (TPSA) is 126 Å². The van der Waals surface area contributed by atoms with Crippen LogP contribution in [0.2, 0.25) is 0 Å². The van der Waals surface area contributed by atoms with Crippen molar-refractivity contribution in [2.45, 2.75) is 50.4 Å². The molecule has 0 saturated carbocycles. The molecule has 4 aromatic rings. The van der Waals surface area contributed by atoms with Crippen molar-refractivity contribution in [1.29, 1.82) is 0 Å². The number of aryl methyl sites for hydroxylation is 1. The number of aromatic hydroxyl groups is 1. The molecular formula is C29H29NO6. The quantitative estimate of drug-likeness (QED) is 0.302. The molecule has 1 aromatic heterocycles. The third-order valence-electron chi connectivity index (χ3n) is 7.01. The van der Waals surface area contributed by atoms with Crippen LogP contribution in [-0.4, -0.2) is 27.0 Å². The van der Waals surface area contributed by atoms with Gasteiger partial charge in [0.25, 0.3) is 0 Å². The molecule has 1 aliphatic rings. The SMILES string of the molecule is CC1(CCc2ccc(N)cc2)Oc2cc3oc(C(O)Cc4ccccc4)cc(=O)c3c(O)c2CC1O. The summed E-state index contributed by atoms with van der Waals surface area (Å²) in [4.78, 5) is 12.9. The summed E-state index contributed by atoms with van der Waals surface area (Å²) in [6.45, 7) is 1.83. The number of ether oxygens (including phenoxy) is 1. The Morgan fingerprint density at radius 2 is 1.81 bits per heavy atom. The lowest BCUT2D eigenvalue weighted by Gasteiger charge is -2.40. The molecule has 0 radical (unpaired) electrons. The van der Waals surface area contributed by atoms with Crippen molar-refractivity contribution in [3.63, 3.8) is 0 Å². The monoisotopic (exact) mass is 487 g/mol. The van der Waals surface area contributed by atoms with Crippen molar-refractivity contribution >= 4 is 16.7 Å². The molecule has 3 aromatic carbocycles. The molecule has 0 spiro atoms. The first-order chi connectivity index (χ1) is 17.2. The van der Waals surface area contributed by atoms with Crippen LogP contribution in [0, 0.1) is 0 Å². The lowest BCUT2D eigenvalue weighted by Crippen LogP contribution is -2.49. The summed E-state index contributed by atoms with van der Waals surface area (Å²) in [5.74, 6) is 0.195. The van der Waals surface area contributed by atoms with E-state index in [9.17, 15) is 20.1 Å². The van der Waals surface area contributed by atoms with Crippen molar-refractivity contribution in [3.05, 3.63) is 99.4 Å². The van der Waals surface area contributed by atoms with Crippen molar-refractivity contribution in [2.24, 2.45) is 0 Å². The predicted octanol–water partition coefficient (Wildman–Crippen LogP) is 4.04. The molecule has 7 nitrogen and oxygen atoms in total. The number of phenols is 1. The minimum Gasteiger partial charge on any atom is -0.507 e. The van der Waals surface area contributed by atoms with Gasteiger partial charge in [-0.15, -0.1) is 0 Å². The van der Waals surface area contributed by atoms with Gasteiger partial charge in [-0.1, -0.05) is 42.5 Å². The van der Waals surface area contributed by atoms with E-state index in [0.717, 1.165) is 11.1 Å². The van der Waals surface area contributed by atoms with Gasteiger partial charge in [-0.3, -0.25) is 4.79 Å². The summed E-state index contributed by atoms with van der Waals surface area (Å²) in [6, 6.07) is 19.7. The highest BCUT2D eigenvalue weighted by atomic mass is 16.5. The zero-order valence-corrected chi connectivity index (χ0v) is 20.0. The fourth-order valence-electron chi connectivity index (χ4n) is 4.75. The van der Waals surface area contributed by atoms with Crippen molar-refractivity contribution < 1.29 is 24.5 Å². The summed E-state index contributed by atoms with van der Waals surface area (Å²) < 4.78 is 12.1. The fourth-order valence-corrected chi connectivity index (χ4v) is 4.75. The molecule has 2 heterocycles. The summed E-state index contributed by atoms with van der Waals surface area (Å²) in [5.41, 5.74) is 7.52. The Hall–Kier alpha value is -3.81. The van der Waals surface area contributed by atoms with Crippen LogP contribution in [0.4, 0.5) is 5.69 Å². The van der Waals surface area contributed by atoms with Crippen molar-refractivity contribution in [3.8, 4) is 11.5 Å². The maximum atomic E-state index is 12.9. The molecule has 0 aliphatic carbocycles. The number of fused-ring (bicyclic) bond motifs is 2. The van der Waals surface area contributed by atoms with Gasteiger partial charge in [0.05, 0.1) is 6.10 Å². The number of aliphatic hydroxyl groups is 2. The molecular weight excluding hydrogens is 458 g/mol. The number of nitrogens with two attached hydrogens (primary N) is 1. The lowest BCUT2D eigenvalue weighted by atomic mass is 9.84. The number of phenolic OH excluding ortho intramolecular Hbond substituents is 1. The normalized spacial score (nSPS) is 20.0. The van der Waals surface area contributed by atoms with E-state index in [1.54, 1.807) is 6.07 Å². The van der Waals surface area contributed by atoms with Crippen LogP contribution in [-0.2, 0) is 19.3 Å². The molecule has 3 atom stereocenters. The van der Waals surface area contributed by atoms with Gasteiger partial charge < -0.3 is 30.2 Å². The Morgan fingerprint density at radius 1 is 1.08 bits per heavy atom. The number of hydrogen-bond acceptors (Lipinski definition) is 7. The summed E-state index contributed by atoms with van der Waals surface area (Å²) >= 11 is 0. The van der Waals surface area contributed by atoms with E-state index in [4.69, 9.17) is 14.9 Å². The van der Waals surface area contributed by atoms with E-state index in [0.29, 0.717) is 29.8 Å². The molecule has 36 heavy (non-hydrogen) atoms. The Balaban J connectivity index is 1.46. The molecule has 5 N–H and O–H groups in total. The molecule has 7 heteroatoms. The van der Waals surface area contributed by atoms with Crippen LogP contribution >= 0.6 is 0 Å². The van der Waals surface area contributed by atoms with Crippen LogP contribution < -0.4 is 15.9 Å². The minimum atomic E-state index is -1.03. The summed E-state index contributed by atoms with van der Waals surface area (Å²) in [7, 11) is 0. The molecule has 1 aliphatic heterocycles. The van der Waals surface area contributed by atoms with Crippen LogP contribution in [0.3, 0.4) is 0 Å². The van der Waals surface area contributed by atoms with Gasteiger partial charge in [0.15, 0.2) is 5.43 Å². The highest BCUT2D eigenvalue weighted by Crippen LogP contribution is 2.43. The third-order valence-corrected chi connectivity index (χ3v) is 7.01. The van der Waals surface area contributed by atoms with E-state index in [1.165, 1.54) is 6.07 Å². The number of aliphatic hydroxyl groups excluding tert-OH is 2. The lowest BCUT2D eigenvalue weighted by molar-refractivity contribution is -0.0595. The van der Waals surface area contributed by atoms with Gasteiger partial charge in [0, 0.05) is 36.2 Å². The third kappa shape index (κ3) is 4.55. The second kappa shape index (κ2) is 9.33. The Bertz CT molecular complexity index is 1450. The fraction of sp³-hybridized carbons (Fsp3) is 0.276. The highest BCUT2D eigenvalue weighted by molar-refractivity contribution is 5.87. The number of benzene rings is 3. The first kappa shape index (κ1) is 23.9. The van der Waals surface area contributed by atoms with Gasteiger partial charge in [0.1, 0.15) is 39.9 Å². The first-order valence-electron chi connectivity index (χ1n) is 12.0. The summed E-state index contributed by atoms with van der Waals surface area (Å²) in [5, 5.41) is 32.6. The van der Waals surface area contributed by atoms with Crippen molar-refractivity contribution in [1.82, 2.24) is 0 Å². The van der Waals surface area contributed by atoms with E-state index in [2.05, 4.69) is 0 Å². The first-order valence-corrected chi connectivity index (χ1v) is 12.0. The van der Waals surface area contributed by atoms with Crippen LogP contribution in [0.15, 0.2) is 75.9 Å². The average Bonchev–Trinajstić information content (AvgIpc) is 2.85.